The molecule has 52 valence electrons. The van der Waals surface area contributed by atoms with Crippen LogP contribution in [0, 0.1) is 0 Å². The molecular formula is C6H17KNO+. The SMILES string of the molecule is CCC(O)[N+](C)(C)C.[KH]. The molecular weight excluding hydrogens is 141 g/mol. The van der Waals surface area contributed by atoms with Gasteiger partial charge in [0.25, 0.3) is 0 Å². The molecule has 0 rings (SSSR count). The summed E-state index contributed by atoms with van der Waals surface area (Å²) < 4.78 is 0.635. The van der Waals surface area contributed by atoms with Crippen LogP contribution in [0.1, 0.15) is 13.3 Å². The summed E-state index contributed by atoms with van der Waals surface area (Å²) in [7, 11) is 5.94. The Labute approximate surface area is 100 Å². The third-order valence-electron chi connectivity index (χ3n) is 1.26. The normalized spacial score (nSPS) is 14.3. The van der Waals surface area contributed by atoms with Gasteiger partial charge in [-0.05, 0) is 0 Å². The van der Waals surface area contributed by atoms with Crippen LogP contribution in [-0.4, -0.2) is 88.3 Å². The molecule has 1 unspecified atom stereocenters. The summed E-state index contributed by atoms with van der Waals surface area (Å²) >= 11 is 0. The average Bonchev–Trinajstić information content (AvgIpc) is 1.62. The van der Waals surface area contributed by atoms with Gasteiger partial charge >= 0.3 is 51.4 Å². The van der Waals surface area contributed by atoms with E-state index in [1.54, 1.807) is 0 Å². The molecule has 0 heterocycles. The summed E-state index contributed by atoms with van der Waals surface area (Å²) in [6.45, 7) is 1.98. The number of rotatable bonds is 2. The molecule has 0 aromatic rings. The molecule has 2 nitrogen and oxygen atoms in total. The second kappa shape index (κ2) is 5.24. The van der Waals surface area contributed by atoms with Crippen LogP contribution < -0.4 is 0 Å². The van der Waals surface area contributed by atoms with E-state index in [1.807, 2.05) is 28.1 Å². The summed E-state index contributed by atoms with van der Waals surface area (Å²) in [5.74, 6) is 0. The van der Waals surface area contributed by atoms with Gasteiger partial charge in [-0.25, -0.2) is 0 Å². The molecule has 0 saturated carbocycles. The predicted molar refractivity (Wildman–Crippen MR) is 41.5 cm³/mol. The molecule has 3 heteroatoms. The fourth-order valence-corrected chi connectivity index (χ4v) is 0.548. The fraction of sp³-hybridized carbons (Fsp3) is 1.00. The summed E-state index contributed by atoms with van der Waals surface area (Å²) in [6, 6.07) is 0. The van der Waals surface area contributed by atoms with Crippen molar-refractivity contribution in [2.75, 3.05) is 21.1 Å². The Morgan fingerprint density at radius 3 is 1.67 bits per heavy atom. The van der Waals surface area contributed by atoms with Crippen LogP contribution in [-0.2, 0) is 0 Å². The minimum atomic E-state index is -0.213. The van der Waals surface area contributed by atoms with Crippen molar-refractivity contribution >= 4 is 51.4 Å². The van der Waals surface area contributed by atoms with Crippen molar-refractivity contribution < 1.29 is 9.59 Å². The molecule has 0 aliphatic carbocycles. The summed E-state index contributed by atoms with van der Waals surface area (Å²) in [4.78, 5) is 0. The van der Waals surface area contributed by atoms with Gasteiger partial charge in [-0.1, -0.05) is 6.92 Å². The van der Waals surface area contributed by atoms with Crippen molar-refractivity contribution in [1.29, 1.82) is 0 Å². The fourth-order valence-electron chi connectivity index (χ4n) is 0.548. The molecule has 0 radical (unpaired) electrons. The average molecular weight is 158 g/mol. The van der Waals surface area contributed by atoms with Crippen molar-refractivity contribution in [3.63, 3.8) is 0 Å². The Morgan fingerprint density at radius 2 is 1.67 bits per heavy atom. The van der Waals surface area contributed by atoms with Crippen LogP contribution in [0.15, 0.2) is 0 Å². The molecule has 0 amide bonds. The monoisotopic (exact) mass is 158 g/mol. The second-order valence-corrected chi connectivity index (χ2v) is 3.01. The summed E-state index contributed by atoms with van der Waals surface area (Å²) in [5, 5.41) is 9.17. The number of nitrogens with zero attached hydrogens (tertiary/aromatic N) is 1. The quantitative estimate of drug-likeness (QED) is 0.334. The zero-order valence-corrected chi connectivity index (χ0v) is 6.18. The number of quaternary nitrogens is 1. The van der Waals surface area contributed by atoms with Crippen molar-refractivity contribution in [3.05, 3.63) is 0 Å². The maximum atomic E-state index is 9.17. The van der Waals surface area contributed by atoms with E-state index < -0.39 is 0 Å². The van der Waals surface area contributed by atoms with E-state index in [2.05, 4.69) is 0 Å². The molecule has 0 fully saturated rings. The molecule has 1 N–H and O–H groups in total. The van der Waals surface area contributed by atoms with Gasteiger partial charge in [-0.15, -0.1) is 0 Å². The van der Waals surface area contributed by atoms with Gasteiger partial charge in [0.15, 0.2) is 6.23 Å². The van der Waals surface area contributed by atoms with E-state index in [9.17, 15) is 0 Å². The zero-order chi connectivity index (χ0) is 6.78. The number of hydrogen-bond acceptors (Lipinski definition) is 1. The molecule has 0 bridgehead atoms. The summed E-state index contributed by atoms with van der Waals surface area (Å²) in [6.07, 6.45) is 0.610. The molecule has 0 saturated heterocycles. The van der Waals surface area contributed by atoms with Crippen molar-refractivity contribution in [2.45, 2.75) is 19.6 Å². The van der Waals surface area contributed by atoms with E-state index in [-0.39, 0.29) is 57.6 Å². The second-order valence-electron chi connectivity index (χ2n) is 3.01. The van der Waals surface area contributed by atoms with E-state index in [4.69, 9.17) is 5.11 Å². The Bertz CT molecular complexity index is 69.9. The van der Waals surface area contributed by atoms with Crippen molar-refractivity contribution in [3.8, 4) is 0 Å². The Morgan fingerprint density at radius 1 is 1.33 bits per heavy atom. The number of aliphatic hydroxyl groups excluding tert-OH is 1. The molecule has 0 spiro atoms. The maximum absolute atomic E-state index is 9.17. The molecule has 0 aliphatic heterocycles. The Balaban J connectivity index is 0. The van der Waals surface area contributed by atoms with E-state index in [0.717, 1.165) is 6.42 Å². The molecule has 1 atom stereocenters. The molecule has 0 aromatic carbocycles. The van der Waals surface area contributed by atoms with E-state index in [0.29, 0.717) is 4.48 Å². The first-order valence-electron chi connectivity index (χ1n) is 2.97. The number of aliphatic hydroxyl groups is 1. The third-order valence-corrected chi connectivity index (χ3v) is 1.26. The molecule has 0 aliphatic rings. The predicted octanol–water partition coefficient (Wildman–Crippen LogP) is -0.228. The van der Waals surface area contributed by atoms with Crippen molar-refractivity contribution in [2.24, 2.45) is 0 Å². The van der Waals surface area contributed by atoms with Gasteiger partial charge in [-0.3, -0.25) is 0 Å². The van der Waals surface area contributed by atoms with Crippen LogP contribution in [0.5, 0.6) is 0 Å². The van der Waals surface area contributed by atoms with E-state index in [1.165, 1.54) is 0 Å². The minimum absolute atomic E-state index is 0. The van der Waals surface area contributed by atoms with Gasteiger partial charge in [0.2, 0.25) is 0 Å². The van der Waals surface area contributed by atoms with Gasteiger partial charge in [-0.2, -0.15) is 0 Å². The van der Waals surface area contributed by atoms with Crippen LogP contribution in [0.4, 0.5) is 0 Å². The number of hydrogen-bond donors (Lipinski definition) is 1. The Kier molecular flexibility index (Phi) is 7.66. The van der Waals surface area contributed by atoms with Gasteiger partial charge in [0.05, 0.1) is 21.1 Å². The molecule has 9 heavy (non-hydrogen) atoms. The standard InChI is InChI=1S/C6H16NO.K.H/c1-5-6(8)7(2,3)4;;/h6,8H,5H2,1-4H3;;/q+1;;. The third kappa shape index (κ3) is 5.97. The van der Waals surface area contributed by atoms with E-state index >= 15 is 0 Å². The first-order valence-corrected chi connectivity index (χ1v) is 2.97. The van der Waals surface area contributed by atoms with Crippen LogP contribution in [0.2, 0.25) is 0 Å². The molecule has 0 aromatic heterocycles. The first kappa shape index (κ1) is 13.2. The Hall–Kier alpha value is 1.56. The van der Waals surface area contributed by atoms with Crippen LogP contribution in [0.3, 0.4) is 0 Å². The van der Waals surface area contributed by atoms with Gasteiger partial charge in [0, 0.05) is 6.42 Å². The van der Waals surface area contributed by atoms with Crippen LogP contribution in [0.25, 0.3) is 0 Å². The van der Waals surface area contributed by atoms with Crippen molar-refractivity contribution in [1.82, 2.24) is 0 Å². The van der Waals surface area contributed by atoms with Gasteiger partial charge < -0.3 is 9.59 Å². The first-order chi connectivity index (χ1) is 3.48. The van der Waals surface area contributed by atoms with Crippen LogP contribution >= 0.6 is 0 Å². The summed E-state index contributed by atoms with van der Waals surface area (Å²) in [5.41, 5.74) is 0. The zero-order valence-electron chi connectivity index (χ0n) is 6.18. The van der Waals surface area contributed by atoms with Gasteiger partial charge in [0.1, 0.15) is 0 Å². The topological polar surface area (TPSA) is 20.2 Å².